The van der Waals surface area contributed by atoms with E-state index in [9.17, 15) is 27.9 Å². The third-order valence-corrected chi connectivity index (χ3v) is 4.62. The van der Waals surface area contributed by atoms with Crippen molar-refractivity contribution in [2.75, 3.05) is 6.61 Å². The minimum Gasteiger partial charge on any atom is -0.491 e. The first-order valence-electron chi connectivity index (χ1n) is 9.95. The molecule has 168 valence electrons. The molecule has 8 heteroatoms. The number of aliphatic carboxylic acids is 1. The van der Waals surface area contributed by atoms with Crippen LogP contribution in [0.15, 0.2) is 36.4 Å². The van der Waals surface area contributed by atoms with Crippen LogP contribution < -0.4 is 4.74 Å². The number of carboxylic acids is 1. The number of benzene rings is 1. The van der Waals surface area contributed by atoms with Gasteiger partial charge < -0.3 is 14.9 Å². The van der Waals surface area contributed by atoms with E-state index in [2.05, 4.69) is 0 Å². The normalized spacial score (nSPS) is 13.9. The second-order valence-corrected chi connectivity index (χ2v) is 7.22. The van der Waals surface area contributed by atoms with Gasteiger partial charge in [-0.1, -0.05) is 24.6 Å². The summed E-state index contributed by atoms with van der Waals surface area (Å²) in [6, 6.07) is 4.49. The van der Waals surface area contributed by atoms with E-state index >= 15 is 0 Å². The minimum atomic E-state index is -4.45. The van der Waals surface area contributed by atoms with Gasteiger partial charge in [0.2, 0.25) is 0 Å². The largest absolute Gasteiger partial charge is 0.491 e. The molecule has 5 nitrogen and oxygen atoms in total. The molecule has 2 unspecified atom stereocenters. The van der Waals surface area contributed by atoms with E-state index in [0.29, 0.717) is 38.5 Å². The number of carbonyl (C=O) groups is 2. The third kappa shape index (κ3) is 11.0. The van der Waals surface area contributed by atoms with Crippen LogP contribution in [0.1, 0.15) is 57.4 Å². The fraction of sp³-hybridized carbons (Fsp3) is 0.545. The van der Waals surface area contributed by atoms with E-state index in [4.69, 9.17) is 9.84 Å². The van der Waals surface area contributed by atoms with Gasteiger partial charge in [-0.2, -0.15) is 13.2 Å². The lowest BCUT2D eigenvalue weighted by atomic mass is 9.93. The number of hydrogen-bond acceptors (Lipinski definition) is 4. The molecule has 2 atom stereocenters. The highest BCUT2D eigenvalue weighted by atomic mass is 19.4. The third-order valence-electron chi connectivity index (χ3n) is 4.62. The fourth-order valence-corrected chi connectivity index (χ4v) is 2.87. The minimum absolute atomic E-state index is 0.0403. The Balaban J connectivity index is 2.33. The molecule has 0 fully saturated rings. The summed E-state index contributed by atoms with van der Waals surface area (Å²) < 4.78 is 43.3. The number of halogens is 3. The Labute approximate surface area is 174 Å². The zero-order valence-electron chi connectivity index (χ0n) is 17.0. The Morgan fingerprint density at radius 1 is 1.17 bits per heavy atom. The zero-order chi connectivity index (χ0) is 22.6. The Morgan fingerprint density at radius 2 is 1.90 bits per heavy atom. The molecule has 0 aliphatic heterocycles. The number of rotatable bonds is 14. The Hall–Kier alpha value is -2.35. The molecule has 1 aromatic rings. The molecule has 1 aromatic carbocycles. The first-order valence-corrected chi connectivity index (χ1v) is 9.95. The van der Waals surface area contributed by atoms with E-state index in [1.807, 2.05) is 12.2 Å². The SMILES string of the molecule is CC(=O)C(C/C=C\CCCC(=O)O)CCCC(O)COc1cccc(C(F)(F)F)c1. The predicted octanol–water partition coefficient (Wildman–Crippen LogP) is 5.02. The van der Waals surface area contributed by atoms with Crippen LogP contribution in [-0.4, -0.2) is 34.7 Å². The molecule has 1 rings (SSSR count). The number of alkyl halides is 3. The summed E-state index contributed by atoms with van der Waals surface area (Å²) in [5.74, 6) is -0.934. The number of hydrogen-bond donors (Lipinski definition) is 2. The van der Waals surface area contributed by atoms with Gasteiger partial charge in [0, 0.05) is 12.3 Å². The maximum Gasteiger partial charge on any atom is 0.416 e. The smallest absolute Gasteiger partial charge is 0.416 e. The van der Waals surface area contributed by atoms with Gasteiger partial charge in [0.25, 0.3) is 0 Å². The van der Waals surface area contributed by atoms with Gasteiger partial charge in [0.1, 0.15) is 18.1 Å². The van der Waals surface area contributed by atoms with Gasteiger partial charge in [-0.3, -0.25) is 9.59 Å². The lowest BCUT2D eigenvalue weighted by Gasteiger charge is -2.15. The first-order chi connectivity index (χ1) is 14.1. The molecule has 0 bridgehead atoms. The molecular weight excluding hydrogens is 401 g/mol. The molecule has 2 N–H and O–H groups in total. The summed E-state index contributed by atoms with van der Waals surface area (Å²) in [4.78, 5) is 22.2. The standard InChI is InChI=1S/C22H29F3O5/c1-16(26)17(8-4-2-3-5-13-21(28)29)9-6-11-19(27)15-30-20-12-7-10-18(14-20)22(23,24)25/h2,4,7,10,12,14,17,19,27H,3,5-6,8-9,11,13,15H2,1H3,(H,28,29)/b4-2-. The van der Waals surface area contributed by atoms with E-state index < -0.39 is 23.8 Å². The molecule has 0 saturated heterocycles. The molecule has 0 spiro atoms. The highest BCUT2D eigenvalue weighted by molar-refractivity contribution is 5.78. The van der Waals surface area contributed by atoms with Crippen molar-refractivity contribution in [3.05, 3.63) is 42.0 Å². The van der Waals surface area contributed by atoms with Gasteiger partial charge in [-0.05, 0) is 57.2 Å². The summed E-state index contributed by atoms with van der Waals surface area (Å²) in [7, 11) is 0. The number of allylic oxidation sites excluding steroid dienone is 2. The number of aliphatic hydroxyl groups is 1. The van der Waals surface area contributed by atoms with Gasteiger partial charge >= 0.3 is 12.1 Å². The van der Waals surface area contributed by atoms with Crippen LogP contribution in [-0.2, 0) is 15.8 Å². The Morgan fingerprint density at radius 3 is 2.53 bits per heavy atom. The molecule has 30 heavy (non-hydrogen) atoms. The molecular formula is C22H29F3O5. The maximum absolute atomic E-state index is 12.7. The van der Waals surface area contributed by atoms with Crippen LogP contribution in [0.25, 0.3) is 0 Å². The Kier molecular flexibility index (Phi) is 11.2. The number of Topliss-reactive ketones (excluding diaryl/α,β-unsaturated/α-hetero) is 1. The van der Waals surface area contributed by atoms with Crippen LogP contribution in [0.5, 0.6) is 5.75 Å². The van der Waals surface area contributed by atoms with E-state index in [0.717, 1.165) is 12.1 Å². The number of unbranched alkanes of at least 4 members (excludes halogenated alkanes) is 1. The molecule has 0 radical (unpaired) electrons. The summed E-state index contributed by atoms with van der Waals surface area (Å²) >= 11 is 0. The average molecular weight is 430 g/mol. The number of carbonyl (C=O) groups excluding carboxylic acids is 1. The molecule has 0 aliphatic carbocycles. The van der Waals surface area contributed by atoms with Crippen molar-refractivity contribution >= 4 is 11.8 Å². The lowest BCUT2D eigenvalue weighted by Crippen LogP contribution is -2.19. The Bertz CT molecular complexity index is 700. The summed E-state index contributed by atoms with van der Waals surface area (Å²) in [6.45, 7) is 1.38. The van der Waals surface area contributed by atoms with Crippen molar-refractivity contribution in [2.45, 2.75) is 64.1 Å². The van der Waals surface area contributed by atoms with Gasteiger partial charge in [0.15, 0.2) is 0 Å². The lowest BCUT2D eigenvalue weighted by molar-refractivity contribution is -0.138. The van der Waals surface area contributed by atoms with E-state index in [-0.39, 0.29) is 30.5 Å². The molecule has 0 aliphatic rings. The van der Waals surface area contributed by atoms with Crippen LogP contribution in [0, 0.1) is 5.92 Å². The number of ether oxygens (including phenoxy) is 1. The number of aliphatic hydroxyl groups excluding tert-OH is 1. The number of carboxylic acid groups (broad SMARTS) is 1. The topological polar surface area (TPSA) is 83.8 Å². The quantitative estimate of drug-likeness (QED) is 0.320. The molecule has 0 amide bonds. The van der Waals surface area contributed by atoms with Crippen molar-refractivity contribution in [2.24, 2.45) is 5.92 Å². The van der Waals surface area contributed by atoms with Crippen molar-refractivity contribution in [3.63, 3.8) is 0 Å². The van der Waals surface area contributed by atoms with Crippen molar-refractivity contribution in [3.8, 4) is 5.75 Å². The predicted molar refractivity (Wildman–Crippen MR) is 106 cm³/mol. The van der Waals surface area contributed by atoms with Crippen molar-refractivity contribution in [1.29, 1.82) is 0 Å². The van der Waals surface area contributed by atoms with Crippen LogP contribution >= 0.6 is 0 Å². The molecule has 0 heterocycles. The van der Waals surface area contributed by atoms with Crippen LogP contribution in [0.2, 0.25) is 0 Å². The average Bonchev–Trinajstić information content (AvgIpc) is 2.66. The van der Waals surface area contributed by atoms with Crippen molar-refractivity contribution in [1.82, 2.24) is 0 Å². The second-order valence-electron chi connectivity index (χ2n) is 7.22. The zero-order valence-corrected chi connectivity index (χ0v) is 17.0. The summed E-state index contributed by atoms with van der Waals surface area (Å²) in [5, 5.41) is 18.6. The van der Waals surface area contributed by atoms with Crippen LogP contribution in [0.4, 0.5) is 13.2 Å². The van der Waals surface area contributed by atoms with Gasteiger partial charge in [-0.25, -0.2) is 0 Å². The van der Waals surface area contributed by atoms with Crippen LogP contribution in [0.3, 0.4) is 0 Å². The van der Waals surface area contributed by atoms with Crippen molar-refractivity contribution < 1.29 is 37.7 Å². The molecule has 0 aromatic heterocycles. The van der Waals surface area contributed by atoms with E-state index in [1.54, 1.807) is 0 Å². The fourth-order valence-electron chi connectivity index (χ4n) is 2.87. The van der Waals surface area contributed by atoms with Gasteiger partial charge in [-0.15, -0.1) is 0 Å². The highest BCUT2D eigenvalue weighted by Crippen LogP contribution is 2.31. The first kappa shape index (κ1) is 25.7. The molecule has 0 saturated carbocycles. The monoisotopic (exact) mass is 430 g/mol. The number of ketones is 1. The maximum atomic E-state index is 12.7. The van der Waals surface area contributed by atoms with Gasteiger partial charge in [0.05, 0.1) is 11.7 Å². The summed E-state index contributed by atoms with van der Waals surface area (Å²) in [6.07, 6.45) is 1.82. The summed E-state index contributed by atoms with van der Waals surface area (Å²) in [5.41, 5.74) is -0.810. The second kappa shape index (κ2) is 13.1. The highest BCUT2D eigenvalue weighted by Gasteiger charge is 2.30. The van der Waals surface area contributed by atoms with E-state index in [1.165, 1.54) is 19.1 Å².